The van der Waals surface area contributed by atoms with Crippen molar-refractivity contribution in [2.75, 3.05) is 26.2 Å². The molecule has 39 heavy (non-hydrogen) atoms. The fourth-order valence-corrected chi connectivity index (χ4v) is 6.00. The van der Waals surface area contributed by atoms with E-state index in [2.05, 4.69) is 34.9 Å². The third kappa shape index (κ3) is 8.64. The van der Waals surface area contributed by atoms with Gasteiger partial charge in [0.1, 0.15) is 11.2 Å². The number of carbonyl (C=O) groups is 2. The summed E-state index contributed by atoms with van der Waals surface area (Å²) < 4.78 is 12.2. The molecule has 2 aromatic rings. The molecule has 0 spiro atoms. The first-order chi connectivity index (χ1) is 19.1. The largest absolute Gasteiger partial charge is 0.454 e. The number of rotatable bonds is 14. The van der Waals surface area contributed by atoms with Crippen molar-refractivity contribution in [2.24, 2.45) is 0 Å². The third-order valence-corrected chi connectivity index (χ3v) is 8.30. The normalized spacial score (nSPS) is 18.3. The number of esters is 2. The van der Waals surface area contributed by atoms with Crippen LogP contribution in [0.1, 0.15) is 94.6 Å². The van der Waals surface area contributed by atoms with E-state index in [9.17, 15) is 9.59 Å². The van der Waals surface area contributed by atoms with Crippen molar-refractivity contribution in [3.05, 3.63) is 71.8 Å². The van der Waals surface area contributed by atoms with Crippen LogP contribution in [0.2, 0.25) is 0 Å². The van der Waals surface area contributed by atoms with E-state index in [1.165, 1.54) is 0 Å². The topological polar surface area (TPSA) is 76.7 Å². The second-order valence-corrected chi connectivity index (χ2v) is 11.1. The molecule has 0 saturated carbocycles. The predicted molar refractivity (Wildman–Crippen MR) is 154 cm³/mol. The van der Waals surface area contributed by atoms with Gasteiger partial charge in [-0.15, -0.1) is 0 Å². The second kappa shape index (κ2) is 15.2. The van der Waals surface area contributed by atoms with Gasteiger partial charge in [-0.2, -0.15) is 0 Å². The molecule has 0 radical (unpaired) electrons. The number of nitrogens with one attached hydrogen (secondary N) is 2. The van der Waals surface area contributed by atoms with Gasteiger partial charge in [0, 0.05) is 38.5 Å². The molecular formula is C33H46N2O4. The third-order valence-electron chi connectivity index (χ3n) is 8.30. The van der Waals surface area contributed by atoms with Crippen LogP contribution in [0.25, 0.3) is 0 Å². The van der Waals surface area contributed by atoms with Crippen molar-refractivity contribution in [1.82, 2.24) is 10.6 Å². The number of hydrogen-bond acceptors (Lipinski definition) is 6. The zero-order valence-electron chi connectivity index (χ0n) is 23.4. The standard InChI is InChI=1S/C33H46N2O4/c36-30(38-32(20-24-34-25-21-32)28-14-8-6-9-15-28)18-12-4-2-1-3-5-13-19-31(37)39-33(22-26-35-27-23-33)29-16-10-7-11-17-29/h6-11,14-17,34-35H,1-5,12-13,18-27H2. The maximum atomic E-state index is 12.7. The van der Waals surface area contributed by atoms with E-state index in [-0.39, 0.29) is 11.9 Å². The highest BCUT2D eigenvalue weighted by atomic mass is 16.6. The van der Waals surface area contributed by atoms with Gasteiger partial charge < -0.3 is 20.1 Å². The average molecular weight is 535 g/mol. The van der Waals surface area contributed by atoms with Crippen molar-refractivity contribution in [3.63, 3.8) is 0 Å². The Labute approximate surface area is 234 Å². The summed E-state index contributed by atoms with van der Waals surface area (Å²) in [7, 11) is 0. The van der Waals surface area contributed by atoms with E-state index in [1.807, 2.05) is 36.4 Å². The van der Waals surface area contributed by atoms with Crippen LogP contribution >= 0.6 is 0 Å². The Morgan fingerprint density at radius 3 is 1.23 bits per heavy atom. The van der Waals surface area contributed by atoms with Gasteiger partial charge in [0.05, 0.1) is 0 Å². The molecule has 6 nitrogen and oxygen atoms in total. The molecule has 2 heterocycles. The first kappa shape index (κ1) is 29.3. The number of unbranched alkanes of at least 4 members (excludes halogenated alkanes) is 6. The van der Waals surface area contributed by atoms with Crippen molar-refractivity contribution in [3.8, 4) is 0 Å². The van der Waals surface area contributed by atoms with Crippen molar-refractivity contribution in [1.29, 1.82) is 0 Å². The zero-order valence-corrected chi connectivity index (χ0v) is 23.4. The highest BCUT2D eigenvalue weighted by Crippen LogP contribution is 2.36. The molecule has 0 unspecified atom stereocenters. The Morgan fingerprint density at radius 1 is 0.538 bits per heavy atom. The Balaban J connectivity index is 1.08. The van der Waals surface area contributed by atoms with Crippen LogP contribution < -0.4 is 10.6 Å². The van der Waals surface area contributed by atoms with Gasteiger partial charge in [-0.25, -0.2) is 0 Å². The Bertz CT molecular complexity index is 917. The minimum absolute atomic E-state index is 0.0821. The van der Waals surface area contributed by atoms with E-state index < -0.39 is 11.2 Å². The van der Waals surface area contributed by atoms with E-state index in [0.29, 0.717) is 12.8 Å². The molecule has 0 amide bonds. The molecule has 212 valence electrons. The number of benzene rings is 2. The van der Waals surface area contributed by atoms with Gasteiger partial charge in [-0.1, -0.05) is 92.8 Å². The van der Waals surface area contributed by atoms with Gasteiger partial charge in [0.25, 0.3) is 0 Å². The van der Waals surface area contributed by atoms with Crippen LogP contribution in [-0.4, -0.2) is 38.1 Å². The van der Waals surface area contributed by atoms with E-state index in [1.54, 1.807) is 0 Å². The van der Waals surface area contributed by atoms with Crippen LogP contribution in [0, 0.1) is 0 Å². The number of hydrogen-bond donors (Lipinski definition) is 2. The van der Waals surface area contributed by atoms with E-state index in [0.717, 1.165) is 108 Å². The highest BCUT2D eigenvalue weighted by molar-refractivity contribution is 5.70. The first-order valence-electron chi connectivity index (χ1n) is 15.1. The van der Waals surface area contributed by atoms with Gasteiger partial charge in [-0.05, 0) is 50.1 Å². The maximum Gasteiger partial charge on any atom is 0.306 e. The molecule has 2 saturated heterocycles. The minimum Gasteiger partial charge on any atom is -0.454 e. The zero-order chi connectivity index (χ0) is 27.2. The van der Waals surface area contributed by atoms with Crippen LogP contribution in [0.15, 0.2) is 60.7 Å². The van der Waals surface area contributed by atoms with Crippen LogP contribution in [0.5, 0.6) is 0 Å². The summed E-state index contributed by atoms with van der Waals surface area (Å²) >= 11 is 0. The van der Waals surface area contributed by atoms with Gasteiger partial charge in [0.15, 0.2) is 0 Å². The lowest BCUT2D eigenvalue weighted by Crippen LogP contribution is -2.43. The average Bonchev–Trinajstić information content (AvgIpc) is 2.98. The Hall–Kier alpha value is -2.70. The highest BCUT2D eigenvalue weighted by Gasteiger charge is 2.38. The predicted octanol–water partition coefficient (Wildman–Crippen LogP) is 6.14. The summed E-state index contributed by atoms with van der Waals surface area (Å²) in [5.41, 5.74) is 1.24. The lowest BCUT2D eigenvalue weighted by Gasteiger charge is -2.37. The molecule has 0 bridgehead atoms. The SMILES string of the molecule is O=C(CCCCCCCCCC(=O)OC1(c2ccccc2)CCNCC1)OC1(c2ccccc2)CCNCC1. The lowest BCUT2D eigenvalue weighted by atomic mass is 9.84. The summed E-state index contributed by atoms with van der Waals surface area (Å²) in [4.78, 5) is 25.4. The molecule has 2 aliphatic heterocycles. The van der Waals surface area contributed by atoms with E-state index in [4.69, 9.17) is 9.47 Å². The van der Waals surface area contributed by atoms with Crippen molar-refractivity contribution < 1.29 is 19.1 Å². The monoisotopic (exact) mass is 534 g/mol. The first-order valence-corrected chi connectivity index (χ1v) is 15.1. The molecule has 0 atom stereocenters. The Kier molecular flexibility index (Phi) is 11.4. The number of ether oxygens (including phenoxy) is 2. The lowest BCUT2D eigenvalue weighted by molar-refractivity contribution is -0.165. The summed E-state index contributed by atoms with van der Waals surface area (Å²) in [6.07, 6.45) is 11.4. The van der Waals surface area contributed by atoms with Crippen molar-refractivity contribution >= 4 is 11.9 Å². The maximum absolute atomic E-state index is 12.7. The fraction of sp³-hybridized carbons (Fsp3) is 0.576. The molecular weight excluding hydrogens is 488 g/mol. The number of carbonyl (C=O) groups excluding carboxylic acids is 2. The minimum atomic E-state index is -0.487. The van der Waals surface area contributed by atoms with Gasteiger partial charge in [-0.3, -0.25) is 9.59 Å². The molecule has 0 aliphatic carbocycles. The summed E-state index contributed by atoms with van der Waals surface area (Å²) in [5.74, 6) is -0.164. The van der Waals surface area contributed by atoms with Crippen LogP contribution in [0.4, 0.5) is 0 Å². The molecule has 2 aromatic carbocycles. The molecule has 6 heteroatoms. The van der Waals surface area contributed by atoms with Crippen molar-refractivity contribution in [2.45, 2.75) is 94.7 Å². The molecule has 4 rings (SSSR count). The summed E-state index contributed by atoms with van der Waals surface area (Å²) in [5, 5.41) is 6.75. The van der Waals surface area contributed by atoms with E-state index >= 15 is 0 Å². The Morgan fingerprint density at radius 2 is 0.872 bits per heavy atom. The fourth-order valence-electron chi connectivity index (χ4n) is 6.00. The second-order valence-electron chi connectivity index (χ2n) is 11.1. The molecule has 2 N–H and O–H groups in total. The molecule has 2 aliphatic rings. The van der Waals surface area contributed by atoms with Gasteiger partial charge in [0.2, 0.25) is 0 Å². The van der Waals surface area contributed by atoms with Crippen LogP contribution in [-0.2, 0) is 30.3 Å². The molecule has 2 fully saturated rings. The summed E-state index contributed by atoms with van der Waals surface area (Å²) in [6.45, 7) is 3.47. The number of piperidine rings is 2. The smallest absolute Gasteiger partial charge is 0.306 e. The summed E-state index contributed by atoms with van der Waals surface area (Å²) in [6, 6.07) is 20.4. The molecule has 0 aromatic heterocycles. The van der Waals surface area contributed by atoms with Crippen LogP contribution in [0.3, 0.4) is 0 Å². The van der Waals surface area contributed by atoms with Gasteiger partial charge >= 0.3 is 11.9 Å². The quantitative estimate of drug-likeness (QED) is 0.224.